The number of aryl methyl sites for hydroxylation is 1. The molecule has 0 amide bonds. The highest BCUT2D eigenvalue weighted by Crippen LogP contribution is 2.36. The molecule has 0 spiro atoms. The van der Waals surface area contributed by atoms with Gasteiger partial charge >= 0.3 is 5.97 Å². The minimum absolute atomic E-state index is 0.0921. The first kappa shape index (κ1) is 23.1. The summed E-state index contributed by atoms with van der Waals surface area (Å²) in [6, 6.07) is 6.90. The minimum atomic E-state index is -0.841. The van der Waals surface area contributed by atoms with E-state index in [1.54, 1.807) is 24.3 Å². The maximum absolute atomic E-state index is 12.5. The van der Waals surface area contributed by atoms with Crippen LogP contribution in [-0.2, 0) is 27.1 Å². The van der Waals surface area contributed by atoms with E-state index in [0.29, 0.717) is 42.0 Å². The Morgan fingerprint density at radius 2 is 1.94 bits per heavy atom. The molecule has 3 aliphatic heterocycles. The van der Waals surface area contributed by atoms with Gasteiger partial charge in [-0.15, -0.1) is 0 Å². The average Bonchev–Trinajstić information content (AvgIpc) is 3.21. The maximum Gasteiger partial charge on any atom is 0.338 e. The van der Waals surface area contributed by atoms with E-state index in [1.165, 1.54) is 6.92 Å². The lowest BCUT2D eigenvalue weighted by Gasteiger charge is -2.39. The van der Waals surface area contributed by atoms with E-state index in [4.69, 9.17) is 19.4 Å². The van der Waals surface area contributed by atoms with E-state index in [0.717, 1.165) is 48.9 Å². The molecule has 3 aliphatic rings. The molecule has 34 heavy (non-hydrogen) atoms. The van der Waals surface area contributed by atoms with Crippen LogP contribution in [0.15, 0.2) is 29.2 Å². The van der Waals surface area contributed by atoms with Crippen LogP contribution in [0.2, 0.25) is 0 Å². The zero-order valence-corrected chi connectivity index (χ0v) is 20.2. The highest BCUT2D eigenvalue weighted by Gasteiger charge is 2.42. The summed E-state index contributed by atoms with van der Waals surface area (Å²) in [6.07, 6.45) is 2.32. The second-order valence-electron chi connectivity index (χ2n) is 8.97. The van der Waals surface area contributed by atoms with Crippen molar-refractivity contribution in [3.05, 3.63) is 41.1 Å². The van der Waals surface area contributed by atoms with Gasteiger partial charge in [0, 0.05) is 38.3 Å². The predicted molar refractivity (Wildman–Crippen MR) is 129 cm³/mol. The van der Waals surface area contributed by atoms with Gasteiger partial charge in [0.25, 0.3) is 4.90 Å². The Labute approximate surface area is 201 Å². The molecular weight excluding hydrogens is 456 g/mol. The van der Waals surface area contributed by atoms with Crippen molar-refractivity contribution in [2.75, 3.05) is 48.9 Å². The molecule has 1 N–H and O–H groups in total. The van der Waals surface area contributed by atoms with Crippen LogP contribution >= 0.6 is 0 Å². The highest BCUT2D eigenvalue weighted by molar-refractivity contribution is 7.92. The summed E-state index contributed by atoms with van der Waals surface area (Å²) in [6.45, 7) is 3.94. The molecule has 10 heteroatoms. The van der Waals surface area contributed by atoms with Crippen molar-refractivity contribution in [3.8, 4) is 0 Å². The normalized spacial score (nSPS) is 20.6. The molecule has 0 saturated carbocycles. The lowest BCUT2D eigenvalue weighted by molar-refractivity contribution is 0.0231. The summed E-state index contributed by atoms with van der Waals surface area (Å²) in [7, 11) is 2.04. The lowest BCUT2D eigenvalue weighted by Crippen LogP contribution is -2.54. The molecule has 1 aromatic heterocycles. The Morgan fingerprint density at radius 1 is 1.21 bits per heavy atom. The van der Waals surface area contributed by atoms with E-state index in [1.807, 2.05) is 11.9 Å². The minimum Gasteiger partial charge on any atom is -0.455 e. The number of fused-ring (bicyclic) bond motifs is 1. The van der Waals surface area contributed by atoms with Gasteiger partial charge in [0.15, 0.2) is 28.5 Å². The van der Waals surface area contributed by atoms with Crippen LogP contribution in [0, 0.1) is 0 Å². The smallest absolute Gasteiger partial charge is 0.338 e. The standard InChI is InChI=1S/C24H29N4O5S/c1-15(29)16-4-3-5-17(12-16)23(30)33-19-13-28(14-19)24-25-20-8-11-34(31)21(20)22(26-24)27(2)18-6-9-32-10-7-18/h3-5,12,18-19,31H,6-11,13-14H2,1-2H3/q+1. The van der Waals surface area contributed by atoms with Crippen molar-refractivity contribution in [3.63, 3.8) is 0 Å². The third kappa shape index (κ3) is 4.49. The second kappa shape index (κ2) is 9.52. The van der Waals surface area contributed by atoms with Gasteiger partial charge < -0.3 is 19.3 Å². The number of hydrogen-bond acceptors (Lipinski definition) is 9. The van der Waals surface area contributed by atoms with Crippen LogP contribution in [-0.4, -0.2) is 77.5 Å². The van der Waals surface area contributed by atoms with Crippen molar-refractivity contribution in [2.24, 2.45) is 0 Å². The summed E-state index contributed by atoms with van der Waals surface area (Å²) >= 11 is -0.841. The number of ether oxygens (including phenoxy) is 2. The number of rotatable bonds is 6. The largest absolute Gasteiger partial charge is 0.455 e. The fourth-order valence-corrected chi connectivity index (χ4v) is 5.97. The molecule has 2 fully saturated rings. The zero-order valence-electron chi connectivity index (χ0n) is 19.4. The Bertz CT molecular complexity index is 1100. The van der Waals surface area contributed by atoms with Crippen LogP contribution < -0.4 is 9.80 Å². The van der Waals surface area contributed by atoms with Crippen molar-refractivity contribution in [2.45, 2.75) is 43.2 Å². The molecule has 2 aromatic rings. The maximum atomic E-state index is 12.5. The van der Waals surface area contributed by atoms with Crippen LogP contribution in [0.4, 0.5) is 11.8 Å². The van der Waals surface area contributed by atoms with Gasteiger partial charge in [0.2, 0.25) is 5.95 Å². The first-order chi connectivity index (χ1) is 16.4. The van der Waals surface area contributed by atoms with Gasteiger partial charge in [0.05, 0.1) is 18.7 Å². The van der Waals surface area contributed by atoms with E-state index in [9.17, 15) is 14.1 Å². The summed E-state index contributed by atoms with van der Waals surface area (Å²) in [4.78, 5) is 38.8. The van der Waals surface area contributed by atoms with Crippen LogP contribution in [0.3, 0.4) is 0 Å². The number of Topliss-reactive ketones (excluding diaryl/α,β-unsaturated/α-hetero) is 1. The lowest BCUT2D eigenvalue weighted by atomic mass is 10.1. The molecule has 1 unspecified atom stereocenters. The molecule has 0 bridgehead atoms. The van der Waals surface area contributed by atoms with Crippen LogP contribution in [0.5, 0.6) is 0 Å². The first-order valence-electron chi connectivity index (χ1n) is 11.6. The van der Waals surface area contributed by atoms with Crippen LogP contribution in [0.25, 0.3) is 0 Å². The average molecular weight is 486 g/mol. The van der Waals surface area contributed by atoms with E-state index < -0.39 is 17.1 Å². The molecule has 5 rings (SSSR count). The van der Waals surface area contributed by atoms with Gasteiger partial charge in [-0.25, -0.2) is 9.78 Å². The summed E-state index contributed by atoms with van der Waals surface area (Å²) in [5.41, 5.74) is 1.77. The summed E-state index contributed by atoms with van der Waals surface area (Å²) in [5, 5.41) is 0. The predicted octanol–water partition coefficient (Wildman–Crippen LogP) is 2.35. The number of esters is 1. The molecule has 2 saturated heterocycles. The zero-order chi connectivity index (χ0) is 23.8. The third-order valence-corrected chi connectivity index (χ3v) is 8.14. The number of carbonyl (C=O) groups excluding carboxylic acids is 2. The molecular formula is C24H29N4O5S+. The SMILES string of the molecule is CC(=O)c1cccc(C(=O)OC2CN(c3nc4c(c(N(C)C5CCOCC5)n3)[S+](O)CC4)C2)c1. The quantitative estimate of drug-likeness (QED) is 0.375. The second-order valence-corrected chi connectivity index (χ2v) is 10.5. The molecule has 0 radical (unpaired) electrons. The Balaban J connectivity index is 1.29. The molecule has 180 valence electrons. The molecule has 0 aliphatic carbocycles. The van der Waals surface area contributed by atoms with Crippen molar-refractivity contribution in [1.29, 1.82) is 0 Å². The third-order valence-electron chi connectivity index (χ3n) is 6.66. The topological polar surface area (TPSA) is 105 Å². The Hall–Kier alpha value is -2.69. The van der Waals surface area contributed by atoms with Crippen molar-refractivity contribution in [1.82, 2.24) is 9.97 Å². The number of ketones is 1. The number of hydrogen-bond donors (Lipinski definition) is 1. The van der Waals surface area contributed by atoms with Crippen molar-refractivity contribution < 1.29 is 23.6 Å². The van der Waals surface area contributed by atoms with Crippen LogP contribution in [0.1, 0.15) is 46.2 Å². The Morgan fingerprint density at radius 3 is 2.68 bits per heavy atom. The van der Waals surface area contributed by atoms with Gasteiger partial charge in [-0.3, -0.25) is 4.79 Å². The molecule has 9 nitrogen and oxygen atoms in total. The van der Waals surface area contributed by atoms with E-state index >= 15 is 0 Å². The van der Waals surface area contributed by atoms with Gasteiger partial charge in [-0.2, -0.15) is 9.54 Å². The van der Waals surface area contributed by atoms with E-state index in [-0.39, 0.29) is 11.9 Å². The number of aromatic nitrogens is 2. The van der Waals surface area contributed by atoms with Crippen molar-refractivity contribution >= 4 is 34.7 Å². The Kier molecular flexibility index (Phi) is 6.46. The number of nitrogens with zero attached hydrogens (tertiary/aromatic N) is 4. The summed E-state index contributed by atoms with van der Waals surface area (Å²) < 4.78 is 21.8. The molecule has 1 atom stereocenters. The number of anilines is 2. The highest BCUT2D eigenvalue weighted by atomic mass is 32.2. The molecule has 1 aromatic carbocycles. The van der Waals surface area contributed by atoms with Gasteiger partial charge in [0.1, 0.15) is 11.8 Å². The first-order valence-corrected chi connectivity index (χ1v) is 12.9. The fraction of sp³-hybridized carbons (Fsp3) is 0.500. The van der Waals surface area contributed by atoms with Gasteiger partial charge in [-0.1, -0.05) is 12.1 Å². The van der Waals surface area contributed by atoms with Gasteiger partial charge in [-0.05, 0) is 31.9 Å². The van der Waals surface area contributed by atoms with E-state index in [2.05, 4.69) is 4.90 Å². The number of carbonyl (C=O) groups is 2. The summed E-state index contributed by atoms with van der Waals surface area (Å²) in [5.74, 6) is 1.56. The molecule has 4 heterocycles. The monoisotopic (exact) mass is 485 g/mol. The number of benzene rings is 1. The fourth-order valence-electron chi connectivity index (χ4n) is 4.56.